The van der Waals surface area contributed by atoms with Gasteiger partial charge in [0.2, 0.25) is 0 Å². The number of nitrogens with zero attached hydrogens (tertiary/aromatic N) is 1. The van der Waals surface area contributed by atoms with E-state index >= 15 is 0 Å². The molecule has 5 rings (SSSR count). The molecule has 0 atom stereocenters. The number of aromatic nitrogens is 3. The van der Waals surface area contributed by atoms with Crippen LogP contribution in [0.15, 0.2) is 76.4 Å². The topological polar surface area (TPSA) is 129 Å². The van der Waals surface area contributed by atoms with Crippen LogP contribution in [0.4, 0.5) is 16.2 Å². The van der Waals surface area contributed by atoms with E-state index in [2.05, 4.69) is 46.4 Å². The molecule has 0 aliphatic rings. The molecule has 2 heterocycles. The van der Waals surface area contributed by atoms with Gasteiger partial charge in [0.1, 0.15) is 5.75 Å². The van der Waals surface area contributed by atoms with Crippen molar-refractivity contribution in [1.82, 2.24) is 15.0 Å². The third-order valence-electron chi connectivity index (χ3n) is 6.37. The summed E-state index contributed by atoms with van der Waals surface area (Å²) in [5.41, 5.74) is 3.00. The fourth-order valence-electron chi connectivity index (χ4n) is 4.36. The lowest BCUT2D eigenvalue weighted by atomic mass is 9.87. The third-order valence-corrected chi connectivity index (χ3v) is 6.37. The van der Waals surface area contributed by atoms with Crippen LogP contribution in [0.5, 0.6) is 5.75 Å². The minimum atomic E-state index is -0.750. The number of carbonyl (C=O) groups is 1. The van der Waals surface area contributed by atoms with Gasteiger partial charge in [0.05, 0.1) is 24.0 Å². The van der Waals surface area contributed by atoms with Crippen LogP contribution >= 0.6 is 0 Å². The van der Waals surface area contributed by atoms with Crippen molar-refractivity contribution < 1.29 is 9.53 Å². The van der Waals surface area contributed by atoms with Gasteiger partial charge in [0, 0.05) is 17.1 Å². The van der Waals surface area contributed by atoms with E-state index in [9.17, 15) is 14.4 Å². The van der Waals surface area contributed by atoms with E-state index in [4.69, 9.17) is 4.74 Å². The van der Waals surface area contributed by atoms with Crippen molar-refractivity contribution in [2.75, 3.05) is 17.7 Å². The summed E-state index contributed by atoms with van der Waals surface area (Å²) in [6, 6.07) is 18.5. The minimum Gasteiger partial charge on any atom is -0.495 e. The van der Waals surface area contributed by atoms with Crippen molar-refractivity contribution in [3.8, 4) is 16.9 Å². The number of methoxy groups -OCH3 is 1. The second-order valence-corrected chi connectivity index (χ2v) is 9.98. The van der Waals surface area contributed by atoms with Gasteiger partial charge in [0.15, 0.2) is 5.65 Å². The van der Waals surface area contributed by atoms with E-state index < -0.39 is 17.1 Å². The second kappa shape index (κ2) is 9.51. The van der Waals surface area contributed by atoms with Crippen LogP contribution in [0.25, 0.3) is 33.1 Å². The summed E-state index contributed by atoms with van der Waals surface area (Å²) in [5, 5.41) is 7.58. The monoisotopic (exact) mass is 509 g/mol. The lowest BCUT2D eigenvalue weighted by Crippen LogP contribution is -2.29. The van der Waals surface area contributed by atoms with Gasteiger partial charge >= 0.3 is 17.1 Å². The van der Waals surface area contributed by atoms with Crippen LogP contribution in [0.2, 0.25) is 0 Å². The Morgan fingerprint density at radius 3 is 2.32 bits per heavy atom. The van der Waals surface area contributed by atoms with E-state index in [1.165, 1.54) is 0 Å². The van der Waals surface area contributed by atoms with Crippen molar-refractivity contribution in [3.05, 3.63) is 93.1 Å². The predicted molar refractivity (Wildman–Crippen MR) is 150 cm³/mol. The molecule has 0 fully saturated rings. The number of hydrogen-bond donors (Lipinski definition) is 4. The maximum absolute atomic E-state index is 13.1. The number of nitrogens with one attached hydrogen (secondary N) is 4. The Kier molecular flexibility index (Phi) is 6.20. The molecule has 0 aliphatic heterocycles. The molecule has 0 bridgehead atoms. The highest BCUT2D eigenvalue weighted by Gasteiger charge is 2.18. The maximum atomic E-state index is 13.1. The fraction of sp³-hybridized carbons (Fsp3) is 0.172. The number of amides is 2. The summed E-state index contributed by atoms with van der Waals surface area (Å²) >= 11 is 0. The molecule has 0 saturated carbocycles. The maximum Gasteiger partial charge on any atom is 0.323 e. The Hall–Kier alpha value is -4.92. The van der Waals surface area contributed by atoms with Gasteiger partial charge < -0.3 is 25.3 Å². The lowest BCUT2D eigenvalue weighted by Gasteiger charge is -2.21. The quantitative estimate of drug-likeness (QED) is 0.242. The Morgan fingerprint density at radius 1 is 0.868 bits per heavy atom. The SMILES string of the molecule is COc1ccc(C(C)(C)C)cc1NC(=O)Nc1ccc(-c2cnc3[nH]c(=O)c(=O)[nH]c3c2)c2ccccc12. The van der Waals surface area contributed by atoms with Gasteiger partial charge in [-0.1, -0.05) is 57.2 Å². The first-order chi connectivity index (χ1) is 18.1. The highest BCUT2D eigenvalue weighted by molar-refractivity contribution is 6.10. The fourth-order valence-corrected chi connectivity index (χ4v) is 4.36. The number of urea groups is 1. The zero-order chi connectivity index (χ0) is 27.0. The van der Waals surface area contributed by atoms with Crippen molar-refractivity contribution in [2.45, 2.75) is 26.2 Å². The number of rotatable bonds is 4. The van der Waals surface area contributed by atoms with E-state index in [0.717, 1.165) is 27.5 Å². The normalized spacial score (nSPS) is 11.5. The molecule has 3 aromatic carbocycles. The number of carbonyl (C=O) groups excluding carboxylic acids is 1. The van der Waals surface area contributed by atoms with Crippen molar-refractivity contribution in [2.24, 2.45) is 0 Å². The zero-order valence-electron chi connectivity index (χ0n) is 21.4. The molecule has 0 spiro atoms. The smallest absolute Gasteiger partial charge is 0.323 e. The Balaban J connectivity index is 1.49. The summed E-state index contributed by atoms with van der Waals surface area (Å²) in [7, 11) is 1.57. The second-order valence-electron chi connectivity index (χ2n) is 9.98. The summed E-state index contributed by atoms with van der Waals surface area (Å²) in [5.74, 6) is 0.566. The highest BCUT2D eigenvalue weighted by atomic mass is 16.5. The van der Waals surface area contributed by atoms with Crippen molar-refractivity contribution in [3.63, 3.8) is 0 Å². The summed E-state index contributed by atoms with van der Waals surface area (Å²) in [4.78, 5) is 45.8. The predicted octanol–water partition coefficient (Wildman–Crippen LogP) is 5.38. The van der Waals surface area contributed by atoms with Crippen LogP contribution < -0.4 is 26.5 Å². The van der Waals surface area contributed by atoms with Crippen LogP contribution in [0.3, 0.4) is 0 Å². The number of pyridine rings is 1. The van der Waals surface area contributed by atoms with Crippen LogP contribution in [-0.2, 0) is 5.41 Å². The molecule has 4 N–H and O–H groups in total. The first kappa shape index (κ1) is 24.8. The molecule has 5 aromatic rings. The van der Waals surface area contributed by atoms with E-state index in [1.807, 2.05) is 54.6 Å². The molecular formula is C29H27N5O4. The Morgan fingerprint density at radius 2 is 1.58 bits per heavy atom. The number of anilines is 2. The number of fused-ring (bicyclic) bond motifs is 2. The molecule has 0 aliphatic carbocycles. The first-order valence-corrected chi connectivity index (χ1v) is 12.0. The number of ether oxygens (including phenoxy) is 1. The van der Waals surface area contributed by atoms with Crippen LogP contribution in [0, 0.1) is 0 Å². The van der Waals surface area contributed by atoms with E-state index in [0.29, 0.717) is 28.3 Å². The van der Waals surface area contributed by atoms with Gasteiger partial charge in [0.25, 0.3) is 0 Å². The zero-order valence-corrected chi connectivity index (χ0v) is 21.4. The van der Waals surface area contributed by atoms with E-state index in [1.54, 1.807) is 19.4 Å². The van der Waals surface area contributed by atoms with Gasteiger partial charge in [-0.25, -0.2) is 9.78 Å². The van der Waals surface area contributed by atoms with E-state index in [-0.39, 0.29) is 5.41 Å². The van der Waals surface area contributed by atoms with Gasteiger partial charge in [-0.2, -0.15) is 0 Å². The van der Waals surface area contributed by atoms with Crippen LogP contribution in [-0.4, -0.2) is 28.1 Å². The standard InChI is InChI=1S/C29H27N5O4/c1-29(2,3)17-9-12-24(38-4)22(14-17)33-28(37)32-21-11-10-18(19-7-5-6-8-20(19)21)16-13-23-25(30-15-16)34-27(36)26(35)31-23/h5-15H,1-4H3,(H,31,35)(H,30,34,36)(H2,32,33,37). The molecule has 2 aromatic heterocycles. The number of aromatic amines is 2. The van der Waals surface area contributed by atoms with Gasteiger partial charge in [-0.05, 0) is 46.2 Å². The first-order valence-electron chi connectivity index (χ1n) is 12.0. The number of benzene rings is 3. The van der Waals surface area contributed by atoms with Crippen molar-refractivity contribution >= 4 is 39.3 Å². The lowest BCUT2D eigenvalue weighted by molar-refractivity contribution is 0.262. The van der Waals surface area contributed by atoms with Crippen molar-refractivity contribution in [1.29, 1.82) is 0 Å². The number of H-pyrrole nitrogens is 2. The summed E-state index contributed by atoms with van der Waals surface area (Å²) < 4.78 is 5.45. The molecule has 2 amide bonds. The van der Waals surface area contributed by atoms with Crippen LogP contribution in [0.1, 0.15) is 26.3 Å². The molecule has 0 saturated heterocycles. The largest absolute Gasteiger partial charge is 0.495 e. The molecule has 0 radical (unpaired) electrons. The summed E-state index contributed by atoms with van der Waals surface area (Å²) in [6.45, 7) is 6.32. The molecule has 9 nitrogen and oxygen atoms in total. The third kappa shape index (κ3) is 4.73. The molecule has 0 unspecified atom stereocenters. The number of hydrogen-bond acceptors (Lipinski definition) is 5. The van der Waals surface area contributed by atoms with Gasteiger partial charge in [-0.15, -0.1) is 0 Å². The average molecular weight is 510 g/mol. The minimum absolute atomic E-state index is 0.0921. The molecular weight excluding hydrogens is 482 g/mol. The molecule has 192 valence electrons. The Bertz CT molecular complexity index is 1810. The summed E-state index contributed by atoms with van der Waals surface area (Å²) in [6.07, 6.45) is 1.63. The molecule has 38 heavy (non-hydrogen) atoms. The Labute approximate surface area is 217 Å². The molecule has 9 heteroatoms. The average Bonchev–Trinajstić information content (AvgIpc) is 2.89. The van der Waals surface area contributed by atoms with Gasteiger partial charge in [-0.3, -0.25) is 9.59 Å². The highest BCUT2D eigenvalue weighted by Crippen LogP contribution is 2.35.